The highest BCUT2D eigenvalue weighted by molar-refractivity contribution is 6.30. The lowest BCUT2D eigenvalue weighted by Gasteiger charge is -2.24. The Morgan fingerprint density at radius 1 is 1.10 bits per heavy atom. The molecule has 7 heteroatoms. The van der Waals surface area contributed by atoms with Gasteiger partial charge in [0.05, 0.1) is 20.3 Å². The Bertz CT molecular complexity index is 529. The van der Waals surface area contributed by atoms with E-state index in [1.807, 2.05) is 0 Å². The molecule has 0 radical (unpaired) electrons. The van der Waals surface area contributed by atoms with Crippen molar-refractivity contribution in [3.8, 4) is 0 Å². The largest absolute Gasteiger partial charge is 0.468 e. The van der Waals surface area contributed by atoms with Gasteiger partial charge >= 0.3 is 12.1 Å². The Morgan fingerprint density at radius 3 is 2.10 bits per heavy atom. The molecule has 1 aromatic rings. The van der Waals surface area contributed by atoms with Crippen LogP contribution in [0.5, 0.6) is 0 Å². The van der Waals surface area contributed by atoms with Gasteiger partial charge in [0, 0.05) is 5.02 Å². The van der Waals surface area contributed by atoms with Crippen LogP contribution in [0.4, 0.5) is 4.79 Å². The van der Waals surface area contributed by atoms with Crippen molar-refractivity contribution in [3.63, 3.8) is 0 Å². The third kappa shape index (κ3) is 4.46. The van der Waals surface area contributed by atoms with Gasteiger partial charge in [-0.15, -0.1) is 0 Å². The molecule has 21 heavy (non-hydrogen) atoms. The fourth-order valence-electron chi connectivity index (χ4n) is 1.88. The van der Waals surface area contributed by atoms with Crippen LogP contribution < -0.4 is 5.32 Å². The molecule has 0 unspecified atom stereocenters. The first-order chi connectivity index (χ1) is 9.90. The van der Waals surface area contributed by atoms with E-state index in [1.54, 1.807) is 24.3 Å². The van der Waals surface area contributed by atoms with Gasteiger partial charge in [-0.25, -0.2) is 4.79 Å². The molecule has 0 aromatic heterocycles. The summed E-state index contributed by atoms with van der Waals surface area (Å²) in [6.45, 7) is 1.25. The molecule has 0 spiro atoms. The second-order valence-electron chi connectivity index (χ2n) is 4.28. The second-order valence-corrected chi connectivity index (χ2v) is 4.71. The number of hydrogen-bond acceptors (Lipinski definition) is 5. The van der Waals surface area contributed by atoms with E-state index in [0.717, 1.165) is 0 Å². The summed E-state index contributed by atoms with van der Waals surface area (Å²) in [6, 6.07) is 5.51. The summed E-state index contributed by atoms with van der Waals surface area (Å²) in [5.74, 6) is -2.34. The van der Waals surface area contributed by atoms with Crippen LogP contribution in [0.2, 0.25) is 5.02 Å². The predicted molar refractivity (Wildman–Crippen MR) is 75.9 cm³/mol. The van der Waals surface area contributed by atoms with Gasteiger partial charge in [0.1, 0.15) is 11.7 Å². The van der Waals surface area contributed by atoms with Gasteiger partial charge < -0.3 is 14.8 Å². The van der Waals surface area contributed by atoms with Crippen LogP contribution >= 0.6 is 11.6 Å². The second kappa shape index (κ2) is 7.64. The lowest BCUT2D eigenvalue weighted by Crippen LogP contribution is -2.40. The maximum Gasteiger partial charge on any atom is 0.407 e. The number of nitrogens with one attached hydrogen (secondary N) is 1. The topological polar surface area (TPSA) is 81.7 Å². The average Bonchev–Trinajstić information content (AvgIpc) is 2.46. The smallest absolute Gasteiger partial charge is 0.407 e. The quantitative estimate of drug-likeness (QED) is 0.665. The molecule has 0 aliphatic carbocycles. The van der Waals surface area contributed by atoms with Crippen LogP contribution in [0.3, 0.4) is 0 Å². The Labute approximate surface area is 127 Å². The number of esters is 1. The first-order valence-corrected chi connectivity index (χ1v) is 6.46. The Kier molecular flexibility index (Phi) is 6.17. The van der Waals surface area contributed by atoms with E-state index in [0.29, 0.717) is 10.6 Å². The molecule has 6 nitrogen and oxygen atoms in total. The molecule has 1 rings (SSSR count). The van der Waals surface area contributed by atoms with E-state index in [-0.39, 0.29) is 0 Å². The zero-order chi connectivity index (χ0) is 16.0. The zero-order valence-electron chi connectivity index (χ0n) is 11.9. The summed E-state index contributed by atoms with van der Waals surface area (Å²) in [7, 11) is 2.37. The van der Waals surface area contributed by atoms with Crippen molar-refractivity contribution in [1.29, 1.82) is 0 Å². The third-order valence-corrected chi connectivity index (χ3v) is 3.17. The van der Waals surface area contributed by atoms with Crippen molar-refractivity contribution in [3.05, 3.63) is 34.9 Å². The Balaban J connectivity index is 3.22. The SMILES string of the molecule is COC(=O)N[C@@H](c1ccc(Cl)cc1)[C@@H](C(C)=O)C(=O)OC. The number of benzene rings is 1. The highest BCUT2D eigenvalue weighted by Gasteiger charge is 2.35. The summed E-state index contributed by atoms with van der Waals surface area (Å²) in [6.07, 6.45) is -0.759. The molecule has 1 N–H and O–H groups in total. The predicted octanol–water partition coefficient (Wildman–Crippen LogP) is 2.12. The molecular weight excluding hydrogens is 298 g/mol. The summed E-state index contributed by atoms with van der Waals surface area (Å²) in [4.78, 5) is 35.1. The number of carbonyl (C=O) groups is 3. The summed E-state index contributed by atoms with van der Waals surface area (Å²) in [5.41, 5.74) is 0.537. The molecule has 0 aliphatic rings. The normalized spacial score (nSPS) is 13.0. The van der Waals surface area contributed by atoms with Gasteiger partial charge in [-0.3, -0.25) is 9.59 Å². The lowest BCUT2D eigenvalue weighted by atomic mass is 9.90. The molecule has 0 bridgehead atoms. The van der Waals surface area contributed by atoms with Gasteiger partial charge in [-0.05, 0) is 24.6 Å². The maximum absolute atomic E-state index is 11.8. The molecule has 114 valence electrons. The highest BCUT2D eigenvalue weighted by atomic mass is 35.5. The highest BCUT2D eigenvalue weighted by Crippen LogP contribution is 2.26. The summed E-state index contributed by atoms with van der Waals surface area (Å²) in [5, 5.41) is 2.97. The van der Waals surface area contributed by atoms with Crippen LogP contribution in [-0.2, 0) is 19.1 Å². The van der Waals surface area contributed by atoms with Crippen LogP contribution in [0, 0.1) is 5.92 Å². The molecule has 0 saturated heterocycles. The number of rotatable bonds is 5. The van der Waals surface area contributed by atoms with Crippen LogP contribution in [0.25, 0.3) is 0 Å². The molecule has 2 atom stereocenters. The minimum Gasteiger partial charge on any atom is -0.468 e. The van der Waals surface area contributed by atoms with Crippen LogP contribution in [0.1, 0.15) is 18.5 Å². The van der Waals surface area contributed by atoms with Gasteiger partial charge in [-0.1, -0.05) is 23.7 Å². The minimum absolute atomic E-state index is 0.432. The number of ketones is 1. The number of amides is 1. The molecule has 0 saturated carbocycles. The first kappa shape index (κ1) is 17.0. The number of carbonyl (C=O) groups excluding carboxylic acids is 3. The standard InChI is InChI=1S/C14H16ClNO5/c1-8(17)11(13(18)20-2)12(16-14(19)21-3)9-4-6-10(15)7-5-9/h4-7,11-12H,1-3H3,(H,16,19)/t11-,12+/m1/s1. The molecule has 1 aromatic carbocycles. The number of methoxy groups -OCH3 is 2. The van der Waals surface area contributed by atoms with E-state index in [4.69, 9.17) is 11.6 Å². The van der Waals surface area contributed by atoms with Gasteiger partial charge in [0.15, 0.2) is 0 Å². The van der Waals surface area contributed by atoms with E-state index in [9.17, 15) is 14.4 Å². The van der Waals surface area contributed by atoms with E-state index in [1.165, 1.54) is 21.1 Å². The first-order valence-electron chi connectivity index (χ1n) is 6.09. The number of Topliss-reactive ketones (excluding diaryl/α,β-unsaturated/α-hetero) is 1. The van der Waals surface area contributed by atoms with Crippen LogP contribution in [-0.4, -0.2) is 32.1 Å². The maximum atomic E-state index is 11.8. The van der Waals surface area contributed by atoms with Crippen molar-refractivity contribution < 1.29 is 23.9 Å². The molecule has 0 heterocycles. The van der Waals surface area contributed by atoms with Crippen molar-refractivity contribution >= 4 is 29.4 Å². The lowest BCUT2D eigenvalue weighted by molar-refractivity contribution is -0.150. The molecule has 0 fully saturated rings. The number of alkyl carbamates (subject to hydrolysis) is 1. The number of hydrogen-bond donors (Lipinski definition) is 1. The van der Waals surface area contributed by atoms with Crippen molar-refractivity contribution in [2.24, 2.45) is 5.92 Å². The Morgan fingerprint density at radius 2 is 1.67 bits per heavy atom. The van der Waals surface area contributed by atoms with Gasteiger partial charge in [0.25, 0.3) is 0 Å². The van der Waals surface area contributed by atoms with Crippen molar-refractivity contribution in [1.82, 2.24) is 5.32 Å². The van der Waals surface area contributed by atoms with Crippen molar-refractivity contribution in [2.75, 3.05) is 14.2 Å². The number of halogens is 1. The van der Waals surface area contributed by atoms with E-state index >= 15 is 0 Å². The summed E-state index contributed by atoms with van der Waals surface area (Å²) < 4.78 is 9.17. The van der Waals surface area contributed by atoms with E-state index in [2.05, 4.69) is 14.8 Å². The Hall–Kier alpha value is -2.08. The molecule has 1 amide bonds. The third-order valence-electron chi connectivity index (χ3n) is 2.91. The molecule has 0 aliphatic heterocycles. The zero-order valence-corrected chi connectivity index (χ0v) is 12.6. The van der Waals surface area contributed by atoms with Gasteiger partial charge in [-0.2, -0.15) is 0 Å². The summed E-state index contributed by atoms with van der Waals surface area (Å²) >= 11 is 5.81. The fourth-order valence-corrected chi connectivity index (χ4v) is 2.00. The number of ether oxygens (including phenoxy) is 2. The average molecular weight is 314 g/mol. The fraction of sp³-hybridized carbons (Fsp3) is 0.357. The molecular formula is C14H16ClNO5. The van der Waals surface area contributed by atoms with Crippen LogP contribution in [0.15, 0.2) is 24.3 Å². The van der Waals surface area contributed by atoms with Crippen molar-refractivity contribution in [2.45, 2.75) is 13.0 Å². The van der Waals surface area contributed by atoms with E-state index < -0.39 is 29.8 Å². The minimum atomic E-state index is -1.17. The van der Waals surface area contributed by atoms with Gasteiger partial charge in [0.2, 0.25) is 0 Å². The monoisotopic (exact) mass is 313 g/mol.